The van der Waals surface area contributed by atoms with Crippen LogP contribution in [0.15, 0.2) is 24.3 Å². The summed E-state index contributed by atoms with van der Waals surface area (Å²) in [7, 11) is -8.58. The second kappa shape index (κ2) is 23.1. The molecule has 3 aromatic heterocycles. The van der Waals surface area contributed by atoms with Crippen molar-refractivity contribution < 1.29 is 0 Å². The topological polar surface area (TPSA) is 57.4 Å². The van der Waals surface area contributed by atoms with Crippen LogP contribution in [-0.2, 0) is 0 Å². The van der Waals surface area contributed by atoms with Gasteiger partial charge in [-0.3, -0.25) is 0 Å². The quantitative estimate of drug-likeness (QED) is 0.0966. The normalized spacial score (nSPS) is 13.4. The first kappa shape index (κ1) is 58.6. The summed E-state index contributed by atoms with van der Waals surface area (Å²) in [5, 5.41) is 0. The Morgan fingerprint density at radius 1 is 0.278 bits per heavy atom. The van der Waals surface area contributed by atoms with Gasteiger partial charge in [-0.1, -0.05) is 190 Å². The molecule has 0 spiro atoms. The summed E-state index contributed by atoms with van der Waals surface area (Å²) in [6.45, 7) is 57.3. The molecule has 5 rings (SSSR count). The predicted molar refractivity (Wildman–Crippen MR) is 331 cm³/mol. The largest absolute Gasteiger partial charge is 0.353 e. The van der Waals surface area contributed by atoms with Gasteiger partial charge in [-0.05, 0) is 115 Å². The van der Waals surface area contributed by atoms with Crippen molar-refractivity contribution in [1.82, 2.24) is 19.9 Å². The van der Waals surface area contributed by atoms with Crippen LogP contribution in [0.3, 0.4) is 0 Å². The number of nitrogens with zero attached hydrogens (tertiary/aromatic N) is 2. The third-order valence-corrected chi connectivity index (χ3v) is 43.0. The Morgan fingerprint density at radius 2 is 0.458 bits per heavy atom. The molecule has 8 heteroatoms. The van der Waals surface area contributed by atoms with Crippen molar-refractivity contribution in [2.24, 2.45) is 0 Å². The summed E-state index contributed by atoms with van der Waals surface area (Å²) in [6.07, 6.45) is 8.64. The van der Waals surface area contributed by atoms with Crippen LogP contribution in [0, 0.1) is 45.9 Å². The molecule has 0 aliphatic carbocycles. The Morgan fingerprint density at radius 3 is 0.681 bits per heavy atom. The maximum atomic E-state index is 5.57. The van der Waals surface area contributed by atoms with E-state index in [-0.39, 0.29) is 0 Å². The van der Waals surface area contributed by atoms with Crippen LogP contribution < -0.4 is 0 Å². The fourth-order valence-corrected chi connectivity index (χ4v) is 35.0. The molecule has 0 radical (unpaired) electrons. The predicted octanol–water partition coefficient (Wildman–Crippen LogP) is 18.9. The van der Waals surface area contributed by atoms with Gasteiger partial charge >= 0.3 is 0 Å². The number of rotatable bonds is 12. The SMILES string of the molecule is CC(C)[Si](C#Cc1c2nc(c(C#C[Si](C(C)C)(C(C)C)C(C)C)c3ccc([nH]3)c(C#C[Si](C(C)C)(C(C)C)C(C)C)c3ccc([nH]3)c(C#C[Si](C(C)C)(C(C)C)C(C)C)c3nc1C=C3)C=C2)(C(C)C)C(C)C. The summed E-state index contributed by atoms with van der Waals surface area (Å²) >= 11 is 0. The minimum atomic E-state index is -2.15. The van der Waals surface area contributed by atoms with Crippen molar-refractivity contribution in [3.63, 3.8) is 0 Å². The van der Waals surface area contributed by atoms with Crippen molar-refractivity contribution in [2.75, 3.05) is 0 Å². The van der Waals surface area contributed by atoms with Gasteiger partial charge in [0, 0.05) is 0 Å². The van der Waals surface area contributed by atoms with Gasteiger partial charge in [-0.2, -0.15) is 0 Å². The van der Waals surface area contributed by atoms with Crippen molar-refractivity contribution in [3.05, 3.63) is 69.3 Å². The maximum Gasteiger partial charge on any atom is 0.146 e. The summed E-state index contributed by atoms with van der Waals surface area (Å²) in [5.74, 6) is 15.6. The van der Waals surface area contributed by atoms with Gasteiger partial charge in [-0.25, -0.2) is 9.97 Å². The monoisotopic (exact) mass is 1030 g/mol. The first-order valence-electron chi connectivity index (χ1n) is 27.9. The Labute approximate surface area is 443 Å². The van der Waals surface area contributed by atoms with E-state index in [2.05, 4.69) is 271 Å². The summed E-state index contributed by atoms with van der Waals surface area (Å²) in [6, 6.07) is 8.84. The van der Waals surface area contributed by atoms with Crippen LogP contribution in [0.25, 0.3) is 46.4 Å². The Hall–Kier alpha value is -4.29. The van der Waals surface area contributed by atoms with Crippen LogP contribution in [0.4, 0.5) is 0 Å². The molecule has 0 saturated heterocycles. The molecular formula is C64H94N4Si4. The fourth-order valence-electron chi connectivity index (χ4n) is 14.1. The van der Waals surface area contributed by atoms with E-state index in [0.29, 0.717) is 66.5 Å². The highest BCUT2D eigenvalue weighted by Gasteiger charge is 2.45. The van der Waals surface area contributed by atoms with E-state index in [1.165, 1.54) is 0 Å². The molecule has 2 N–H and O–H groups in total. The lowest BCUT2D eigenvalue weighted by molar-refractivity contribution is 0.838. The zero-order valence-electron chi connectivity index (χ0n) is 49.4. The second-order valence-corrected chi connectivity index (χ2v) is 47.4. The van der Waals surface area contributed by atoms with Crippen LogP contribution in [0.2, 0.25) is 66.5 Å². The van der Waals surface area contributed by atoms with Gasteiger partial charge in [0.1, 0.15) is 32.3 Å². The molecule has 72 heavy (non-hydrogen) atoms. The Kier molecular flexibility index (Phi) is 18.8. The molecule has 0 saturated carbocycles. The highest BCUT2D eigenvalue weighted by atomic mass is 28.3. The maximum absolute atomic E-state index is 5.57. The summed E-state index contributed by atoms with van der Waals surface area (Å²) < 4.78 is 0. The van der Waals surface area contributed by atoms with Gasteiger partial charge in [0.05, 0.1) is 67.1 Å². The highest BCUT2D eigenvalue weighted by Crippen LogP contribution is 2.44. The molecule has 2 aliphatic rings. The molecule has 8 bridgehead atoms. The first-order chi connectivity index (χ1) is 33.6. The van der Waals surface area contributed by atoms with Crippen molar-refractivity contribution in [2.45, 2.75) is 233 Å². The van der Waals surface area contributed by atoms with E-state index in [9.17, 15) is 0 Å². The zero-order chi connectivity index (χ0) is 54.0. The van der Waals surface area contributed by atoms with Crippen LogP contribution in [0.5, 0.6) is 0 Å². The molecule has 0 amide bonds. The van der Waals surface area contributed by atoms with E-state index in [1.54, 1.807) is 0 Å². The van der Waals surface area contributed by atoms with Gasteiger partial charge in [0.25, 0.3) is 0 Å². The average Bonchev–Trinajstić information content (AvgIpc) is 4.12. The van der Waals surface area contributed by atoms with Crippen molar-refractivity contribution >= 4 is 78.7 Å². The van der Waals surface area contributed by atoms with E-state index in [1.807, 2.05) is 0 Å². The highest BCUT2D eigenvalue weighted by molar-refractivity contribution is 6.92. The molecule has 5 heterocycles. The molecule has 3 aromatic rings. The van der Waals surface area contributed by atoms with Crippen LogP contribution in [-0.4, -0.2) is 52.2 Å². The second-order valence-electron chi connectivity index (χ2n) is 25.1. The standard InChI is InChI=1S/C64H94N4Si4/c1-41(2)69(42(3)4,43(5)6)37-33-53-57-25-27-59(65-57)54(34-38-70(44(7)8,45(9)10)46(11)12)61-29-31-63(67-61)56(36-40-72(50(19)20,51(21)22)52(23)24)64-32-30-62(68-64)55(60-28-26-58(53)66-60)35-39-71(47(13)14,48(15)16)49(17)18/h25-32,41-52,65-66H,1-24H3. The first-order valence-corrected chi connectivity index (χ1v) is 36.8. The number of aromatic nitrogens is 4. The third-order valence-electron chi connectivity index (χ3n) is 17.8. The number of aromatic amines is 2. The van der Waals surface area contributed by atoms with Crippen molar-refractivity contribution in [1.29, 1.82) is 0 Å². The molecule has 0 unspecified atom stereocenters. The lowest BCUT2D eigenvalue weighted by Crippen LogP contribution is -2.43. The number of hydrogen-bond acceptors (Lipinski definition) is 2. The molecule has 0 fully saturated rings. The lowest BCUT2D eigenvalue weighted by Gasteiger charge is -2.38. The smallest absolute Gasteiger partial charge is 0.146 e. The minimum Gasteiger partial charge on any atom is -0.353 e. The summed E-state index contributed by atoms with van der Waals surface area (Å²) in [5.41, 5.74) is 32.9. The minimum absolute atomic E-state index is 0.476. The number of nitrogens with one attached hydrogen (secondary N) is 2. The van der Waals surface area contributed by atoms with E-state index >= 15 is 0 Å². The van der Waals surface area contributed by atoms with Gasteiger partial charge < -0.3 is 9.97 Å². The van der Waals surface area contributed by atoms with E-state index < -0.39 is 32.3 Å². The molecular weight excluding hydrogens is 937 g/mol. The zero-order valence-corrected chi connectivity index (χ0v) is 53.4. The average molecular weight is 1030 g/mol. The number of H-pyrrole nitrogens is 2. The van der Waals surface area contributed by atoms with E-state index in [0.717, 1.165) is 67.1 Å². The Balaban J connectivity index is 2.16. The van der Waals surface area contributed by atoms with Gasteiger partial charge in [0.15, 0.2) is 0 Å². The molecule has 4 nitrogen and oxygen atoms in total. The number of hydrogen-bond donors (Lipinski definition) is 2. The third kappa shape index (κ3) is 10.8. The number of fused-ring (bicyclic) bond motifs is 8. The van der Waals surface area contributed by atoms with Gasteiger partial charge in [-0.15, -0.1) is 22.2 Å². The lowest BCUT2D eigenvalue weighted by atomic mass is 10.1. The fraction of sp³-hybridized carbons (Fsp3) is 0.562. The molecule has 386 valence electrons. The van der Waals surface area contributed by atoms with Gasteiger partial charge in [0.2, 0.25) is 0 Å². The molecule has 2 aliphatic heterocycles. The summed E-state index contributed by atoms with van der Waals surface area (Å²) in [4.78, 5) is 19.0. The molecule has 0 atom stereocenters. The Bertz CT molecular complexity index is 2720. The van der Waals surface area contributed by atoms with Crippen LogP contribution in [0.1, 0.15) is 211 Å². The van der Waals surface area contributed by atoms with Crippen LogP contribution >= 0.6 is 0 Å². The van der Waals surface area contributed by atoms with E-state index in [4.69, 9.17) is 9.97 Å². The van der Waals surface area contributed by atoms with Crippen molar-refractivity contribution in [3.8, 4) is 45.9 Å². The molecule has 0 aromatic carbocycles.